The molecule has 0 saturated heterocycles. The summed E-state index contributed by atoms with van der Waals surface area (Å²) in [5, 5.41) is 0. The van der Waals surface area contributed by atoms with Gasteiger partial charge in [0.1, 0.15) is 0 Å². The van der Waals surface area contributed by atoms with Gasteiger partial charge in [0.2, 0.25) is 0 Å². The van der Waals surface area contributed by atoms with E-state index in [1.807, 2.05) is 0 Å². The zero-order valence-electron chi connectivity index (χ0n) is 9.16. The van der Waals surface area contributed by atoms with Gasteiger partial charge in [-0.25, -0.2) is 0 Å². The second kappa shape index (κ2) is 5.69. The molecule has 1 fully saturated rings. The average Bonchev–Trinajstić information content (AvgIpc) is 2.58. The summed E-state index contributed by atoms with van der Waals surface area (Å²) in [7, 11) is 0. The first-order chi connectivity index (χ1) is 7.38. The van der Waals surface area contributed by atoms with E-state index in [2.05, 4.69) is 46.3 Å². The van der Waals surface area contributed by atoms with E-state index in [0.717, 1.165) is 5.92 Å². The third kappa shape index (κ3) is 3.07. The Hall–Kier alpha value is -0.300. The van der Waals surface area contributed by atoms with E-state index >= 15 is 0 Å². The Balaban J connectivity index is 2.03. The van der Waals surface area contributed by atoms with Crippen LogP contribution in [0.5, 0.6) is 0 Å². The van der Waals surface area contributed by atoms with Crippen LogP contribution in [0.15, 0.2) is 30.3 Å². The fourth-order valence-corrected chi connectivity index (χ4v) is 3.35. The molecule has 0 spiro atoms. The van der Waals surface area contributed by atoms with Gasteiger partial charge in [0.15, 0.2) is 0 Å². The van der Waals surface area contributed by atoms with E-state index in [4.69, 9.17) is 0 Å². The van der Waals surface area contributed by atoms with Crippen LogP contribution >= 0.6 is 15.9 Å². The Morgan fingerprint density at radius 2 is 1.53 bits per heavy atom. The van der Waals surface area contributed by atoms with Gasteiger partial charge in [-0.05, 0) is 24.3 Å². The highest BCUT2D eigenvalue weighted by atomic mass is 79.9. The van der Waals surface area contributed by atoms with Crippen LogP contribution in [0.25, 0.3) is 0 Å². The van der Waals surface area contributed by atoms with Crippen LogP contribution < -0.4 is 0 Å². The summed E-state index contributed by atoms with van der Waals surface area (Å²) in [4.78, 5) is 0.566. The van der Waals surface area contributed by atoms with Gasteiger partial charge in [-0.3, -0.25) is 0 Å². The largest absolute Gasteiger partial charge is 0.0836 e. The Bertz CT molecular complexity index is 273. The molecular weight excluding hydrogens is 248 g/mol. The quantitative estimate of drug-likeness (QED) is 0.517. The number of alkyl halides is 1. The fraction of sp³-hybridized carbons (Fsp3) is 0.571. The second-order valence-electron chi connectivity index (χ2n) is 4.56. The summed E-state index contributed by atoms with van der Waals surface area (Å²) < 4.78 is 0. The standard InChI is InChI=1S/C14H19Br/c15-14(13-10-6-3-7-11-13)12-8-4-1-2-5-9-12/h3,6-7,10-12,14H,1-2,4-5,8-9H2. The van der Waals surface area contributed by atoms with E-state index in [0.29, 0.717) is 4.83 Å². The highest BCUT2D eigenvalue weighted by Gasteiger charge is 2.21. The summed E-state index contributed by atoms with van der Waals surface area (Å²) in [6.07, 6.45) is 8.49. The van der Waals surface area contributed by atoms with Gasteiger partial charge in [-0.2, -0.15) is 0 Å². The van der Waals surface area contributed by atoms with Crippen molar-refractivity contribution in [2.24, 2.45) is 5.92 Å². The van der Waals surface area contributed by atoms with E-state index in [1.54, 1.807) is 0 Å². The fourth-order valence-electron chi connectivity index (χ4n) is 2.51. The molecule has 1 saturated carbocycles. The minimum absolute atomic E-state index is 0.566. The number of hydrogen-bond donors (Lipinski definition) is 0. The SMILES string of the molecule is BrC(c1ccccc1)C1CCCCCC1. The molecule has 1 aliphatic carbocycles. The summed E-state index contributed by atoms with van der Waals surface area (Å²) in [6, 6.07) is 10.9. The third-order valence-electron chi connectivity index (χ3n) is 3.43. The molecule has 0 radical (unpaired) electrons. The smallest absolute Gasteiger partial charge is 0.0423 e. The highest BCUT2D eigenvalue weighted by Crippen LogP contribution is 2.38. The van der Waals surface area contributed by atoms with Gasteiger partial charge in [-0.1, -0.05) is 71.9 Å². The van der Waals surface area contributed by atoms with Gasteiger partial charge in [-0.15, -0.1) is 0 Å². The predicted molar refractivity (Wildman–Crippen MR) is 69.3 cm³/mol. The first kappa shape index (κ1) is 11.2. The lowest BCUT2D eigenvalue weighted by Crippen LogP contribution is -2.06. The maximum absolute atomic E-state index is 3.88. The third-order valence-corrected chi connectivity index (χ3v) is 4.71. The van der Waals surface area contributed by atoms with Gasteiger partial charge in [0.05, 0.1) is 0 Å². The molecule has 0 nitrogen and oxygen atoms in total. The summed E-state index contributed by atoms with van der Waals surface area (Å²) in [5.74, 6) is 0.842. The van der Waals surface area contributed by atoms with Crippen LogP contribution in [0.3, 0.4) is 0 Å². The van der Waals surface area contributed by atoms with Crippen molar-refractivity contribution in [2.75, 3.05) is 0 Å². The van der Waals surface area contributed by atoms with Crippen molar-refractivity contribution in [1.82, 2.24) is 0 Å². The molecule has 82 valence electrons. The lowest BCUT2D eigenvalue weighted by atomic mass is 9.92. The molecule has 15 heavy (non-hydrogen) atoms. The molecule has 0 heterocycles. The van der Waals surface area contributed by atoms with Crippen molar-refractivity contribution >= 4 is 15.9 Å². The Morgan fingerprint density at radius 3 is 2.13 bits per heavy atom. The molecular formula is C14H19Br. The van der Waals surface area contributed by atoms with Crippen LogP contribution in [0, 0.1) is 5.92 Å². The molecule has 1 aliphatic rings. The molecule has 1 aromatic rings. The lowest BCUT2D eigenvalue weighted by molar-refractivity contribution is 0.454. The highest BCUT2D eigenvalue weighted by molar-refractivity contribution is 9.09. The van der Waals surface area contributed by atoms with Crippen LogP contribution in [-0.4, -0.2) is 0 Å². The molecule has 0 amide bonds. The van der Waals surface area contributed by atoms with Crippen LogP contribution in [0.4, 0.5) is 0 Å². The number of rotatable bonds is 2. The van der Waals surface area contributed by atoms with Crippen molar-refractivity contribution in [1.29, 1.82) is 0 Å². The number of halogens is 1. The Labute approximate surface area is 101 Å². The minimum Gasteiger partial charge on any atom is -0.0836 e. The maximum Gasteiger partial charge on any atom is 0.0423 e. The van der Waals surface area contributed by atoms with Crippen molar-refractivity contribution < 1.29 is 0 Å². The van der Waals surface area contributed by atoms with Crippen molar-refractivity contribution in [3.63, 3.8) is 0 Å². The summed E-state index contributed by atoms with van der Waals surface area (Å²) in [5.41, 5.74) is 1.45. The molecule has 0 aliphatic heterocycles. The number of hydrogen-bond acceptors (Lipinski definition) is 0. The molecule has 2 rings (SSSR count). The lowest BCUT2D eigenvalue weighted by Gasteiger charge is -2.21. The van der Waals surface area contributed by atoms with E-state index in [-0.39, 0.29) is 0 Å². The monoisotopic (exact) mass is 266 g/mol. The maximum atomic E-state index is 3.88. The minimum atomic E-state index is 0.566. The van der Waals surface area contributed by atoms with Crippen molar-refractivity contribution in [2.45, 2.75) is 43.4 Å². The second-order valence-corrected chi connectivity index (χ2v) is 5.55. The molecule has 1 unspecified atom stereocenters. The Kier molecular flexibility index (Phi) is 4.25. The van der Waals surface area contributed by atoms with Crippen LogP contribution in [0.1, 0.15) is 48.9 Å². The van der Waals surface area contributed by atoms with Crippen LogP contribution in [-0.2, 0) is 0 Å². The topological polar surface area (TPSA) is 0 Å². The molecule has 0 aromatic heterocycles. The zero-order valence-corrected chi connectivity index (χ0v) is 10.7. The predicted octanol–water partition coefficient (Wildman–Crippen LogP) is 5.09. The van der Waals surface area contributed by atoms with Crippen LogP contribution in [0.2, 0.25) is 0 Å². The van der Waals surface area contributed by atoms with Gasteiger partial charge in [0, 0.05) is 4.83 Å². The normalized spacial score (nSPS) is 20.9. The van der Waals surface area contributed by atoms with Gasteiger partial charge >= 0.3 is 0 Å². The molecule has 1 atom stereocenters. The Morgan fingerprint density at radius 1 is 0.933 bits per heavy atom. The van der Waals surface area contributed by atoms with E-state index in [9.17, 15) is 0 Å². The molecule has 1 heteroatoms. The van der Waals surface area contributed by atoms with E-state index < -0.39 is 0 Å². The molecule has 0 N–H and O–H groups in total. The summed E-state index contributed by atoms with van der Waals surface area (Å²) >= 11 is 3.88. The van der Waals surface area contributed by atoms with Crippen molar-refractivity contribution in [3.8, 4) is 0 Å². The number of benzene rings is 1. The molecule has 0 bridgehead atoms. The average molecular weight is 267 g/mol. The first-order valence-electron chi connectivity index (χ1n) is 6.07. The first-order valence-corrected chi connectivity index (χ1v) is 6.98. The van der Waals surface area contributed by atoms with E-state index in [1.165, 1.54) is 44.1 Å². The van der Waals surface area contributed by atoms with Gasteiger partial charge in [0.25, 0.3) is 0 Å². The molecule has 1 aromatic carbocycles. The van der Waals surface area contributed by atoms with Crippen molar-refractivity contribution in [3.05, 3.63) is 35.9 Å². The van der Waals surface area contributed by atoms with Gasteiger partial charge < -0.3 is 0 Å². The summed E-state index contributed by atoms with van der Waals surface area (Å²) in [6.45, 7) is 0. The zero-order chi connectivity index (χ0) is 10.5.